The van der Waals surface area contributed by atoms with Gasteiger partial charge in [0, 0.05) is 0 Å². The van der Waals surface area contributed by atoms with Gasteiger partial charge in [0.1, 0.15) is 0 Å². The minimum Gasteiger partial charge on any atom is -0.0727 e. The minimum absolute atomic E-state index is 0.0608. The van der Waals surface area contributed by atoms with Crippen molar-refractivity contribution in [2.24, 2.45) is 5.92 Å². The molecule has 1 aliphatic carbocycles. The molecule has 1 aliphatic rings. The summed E-state index contributed by atoms with van der Waals surface area (Å²) in [5, 5.41) is 3.27. The largest absolute Gasteiger partial charge is 0.0843 e. The van der Waals surface area contributed by atoms with Crippen LogP contribution in [0.4, 0.5) is 0 Å². The molecule has 3 aromatic carbocycles. The Hall–Kier alpha value is -2.64. The Morgan fingerprint density at radius 1 is 0.523 bits per heavy atom. The Morgan fingerprint density at radius 3 is 1.30 bits per heavy atom. The fourth-order valence-corrected chi connectivity index (χ4v) is 8.93. The van der Waals surface area contributed by atoms with Crippen molar-refractivity contribution < 1.29 is 0 Å². The van der Waals surface area contributed by atoms with Gasteiger partial charge in [-0.1, -0.05) is 166 Å². The summed E-state index contributed by atoms with van der Waals surface area (Å²) in [6.07, 6.45) is 0. The Labute approximate surface area is 273 Å². The number of hydrogen-bond acceptors (Lipinski definition) is 0. The van der Waals surface area contributed by atoms with Crippen LogP contribution in [0.1, 0.15) is 133 Å². The molecular formula is C43H60Si. The lowest BCUT2D eigenvalue weighted by Crippen LogP contribution is -2.24. The first-order valence-electron chi connectivity index (χ1n) is 16.8. The van der Waals surface area contributed by atoms with E-state index in [2.05, 4.69) is 165 Å². The maximum atomic E-state index is 2.51. The lowest BCUT2D eigenvalue weighted by atomic mass is 9.77. The van der Waals surface area contributed by atoms with E-state index in [9.17, 15) is 0 Å². The number of hydrogen-bond donors (Lipinski definition) is 0. The molecule has 0 N–H and O–H groups in total. The van der Waals surface area contributed by atoms with E-state index in [1.807, 2.05) is 0 Å². The fraction of sp³-hybridized carbons (Fsp3) is 0.488. The molecule has 0 saturated heterocycles. The lowest BCUT2D eigenvalue weighted by molar-refractivity contribution is 0.568. The molecule has 0 aliphatic heterocycles. The quantitative estimate of drug-likeness (QED) is 0.260. The average molecular weight is 605 g/mol. The van der Waals surface area contributed by atoms with Crippen molar-refractivity contribution in [3.05, 3.63) is 98.8 Å². The zero-order chi connectivity index (χ0) is 33.2. The van der Waals surface area contributed by atoms with Gasteiger partial charge in [0.05, 0.1) is 9.52 Å². The van der Waals surface area contributed by atoms with Gasteiger partial charge in [0.25, 0.3) is 0 Å². The molecule has 0 radical (unpaired) electrons. The second-order valence-corrected chi connectivity index (χ2v) is 19.7. The molecule has 1 atom stereocenters. The first-order valence-corrected chi connectivity index (χ1v) is 18.2. The van der Waals surface area contributed by atoms with Crippen LogP contribution in [-0.4, -0.2) is 9.52 Å². The zero-order valence-corrected chi connectivity index (χ0v) is 32.4. The summed E-state index contributed by atoms with van der Waals surface area (Å²) in [7, 11) is -0.722. The minimum atomic E-state index is -0.722. The second-order valence-electron chi connectivity index (χ2n) is 17.8. The average Bonchev–Trinajstić information content (AvgIpc) is 3.08. The van der Waals surface area contributed by atoms with E-state index in [-0.39, 0.29) is 21.7 Å². The second kappa shape index (κ2) is 11.6. The first-order chi connectivity index (χ1) is 20.0. The molecule has 1 heteroatoms. The molecule has 0 spiro atoms. The van der Waals surface area contributed by atoms with Crippen molar-refractivity contribution >= 4 is 14.7 Å². The molecule has 0 fully saturated rings. The van der Waals surface area contributed by atoms with Gasteiger partial charge in [-0.05, 0) is 98.4 Å². The van der Waals surface area contributed by atoms with Gasteiger partial charge in [-0.2, -0.15) is 0 Å². The molecule has 0 aromatic heterocycles. The molecule has 4 rings (SSSR count). The number of rotatable bonds is 4. The molecule has 44 heavy (non-hydrogen) atoms. The molecule has 0 heterocycles. The Morgan fingerprint density at radius 2 is 0.932 bits per heavy atom. The van der Waals surface area contributed by atoms with Crippen LogP contribution in [-0.2, 0) is 21.7 Å². The summed E-state index contributed by atoms with van der Waals surface area (Å²) in [6, 6.07) is 22.1. The van der Waals surface area contributed by atoms with Crippen LogP contribution in [0.15, 0.2) is 76.5 Å². The molecule has 236 valence electrons. The van der Waals surface area contributed by atoms with Gasteiger partial charge in [-0.3, -0.25) is 0 Å². The van der Waals surface area contributed by atoms with Crippen LogP contribution in [0.2, 0.25) is 0 Å². The topological polar surface area (TPSA) is 0 Å². The molecule has 0 amide bonds. The first kappa shape index (κ1) is 34.2. The van der Waals surface area contributed by atoms with E-state index in [4.69, 9.17) is 0 Å². The van der Waals surface area contributed by atoms with E-state index in [0.29, 0.717) is 5.92 Å². The highest BCUT2D eigenvalue weighted by Crippen LogP contribution is 2.41. The highest BCUT2D eigenvalue weighted by atomic mass is 28.2. The third kappa shape index (κ3) is 6.94. The van der Waals surface area contributed by atoms with E-state index >= 15 is 0 Å². The zero-order valence-electron chi connectivity index (χ0n) is 31.0. The normalized spacial score (nSPS) is 17.0. The molecule has 0 bridgehead atoms. The monoisotopic (exact) mass is 604 g/mol. The third-order valence-corrected chi connectivity index (χ3v) is 12.8. The van der Waals surface area contributed by atoms with Crippen molar-refractivity contribution in [2.75, 3.05) is 0 Å². The smallest absolute Gasteiger partial charge is 0.0727 e. The molecule has 3 aromatic rings. The number of allylic oxidation sites excluding steroid dienone is 4. The van der Waals surface area contributed by atoms with Crippen LogP contribution in [0.3, 0.4) is 0 Å². The summed E-state index contributed by atoms with van der Waals surface area (Å²) >= 11 is 0. The van der Waals surface area contributed by atoms with Crippen LogP contribution in [0.25, 0.3) is 22.3 Å². The number of benzene rings is 3. The standard InChI is InChI=1S/C43H60Si/c1-26-27(2)29(4)39(28(26)3)44-37-19-17-18-36(30-20-32(40(5,6)7)24-33(21-30)41(8,9)10)38(37)31-22-34(42(11,12)13)25-35(23-31)43(14,15)16/h17-25,28H,44H2,1-16H3. The molecule has 0 nitrogen and oxygen atoms in total. The summed E-state index contributed by atoms with van der Waals surface area (Å²) in [5.74, 6) is 0.543. The fourth-order valence-electron chi connectivity index (χ4n) is 6.55. The lowest BCUT2D eigenvalue weighted by Gasteiger charge is -2.29. The van der Waals surface area contributed by atoms with E-state index in [1.54, 1.807) is 21.5 Å². The predicted octanol–water partition coefficient (Wildman–Crippen LogP) is 11.3. The van der Waals surface area contributed by atoms with Crippen molar-refractivity contribution in [1.82, 2.24) is 0 Å². The van der Waals surface area contributed by atoms with Gasteiger partial charge in [-0.25, -0.2) is 0 Å². The maximum Gasteiger partial charge on any atom is 0.0843 e. The Balaban J connectivity index is 2.12. The highest BCUT2D eigenvalue weighted by molar-refractivity contribution is 6.63. The van der Waals surface area contributed by atoms with Crippen molar-refractivity contribution in [3.8, 4) is 22.3 Å². The van der Waals surface area contributed by atoms with Crippen LogP contribution in [0, 0.1) is 5.92 Å². The third-order valence-electron chi connectivity index (χ3n) is 10.3. The van der Waals surface area contributed by atoms with E-state index in [0.717, 1.165) is 0 Å². The summed E-state index contributed by atoms with van der Waals surface area (Å²) in [5.41, 5.74) is 16.1. The SMILES string of the molecule is CC1=C(C)C(C)C([SiH2]c2cccc(-c3cc(C(C)(C)C)cc(C(C)(C)C)c3)c2-c2cc(C(C)(C)C)cc(C(C)(C)C)c2)=C1C. The van der Waals surface area contributed by atoms with Gasteiger partial charge < -0.3 is 0 Å². The summed E-state index contributed by atoms with van der Waals surface area (Å²) < 4.78 is 0. The predicted molar refractivity (Wildman–Crippen MR) is 201 cm³/mol. The van der Waals surface area contributed by atoms with Crippen LogP contribution in [0.5, 0.6) is 0 Å². The van der Waals surface area contributed by atoms with E-state index < -0.39 is 9.52 Å². The van der Waals surface area contributed by atoms with Crippen LogP contribution >= 0.6 is 0 Å². The molecule has 0 saturated carbocycles. The van der Waals surface area contributed by atoms with Gasteiger partial charge >= 0.3 is 0 Å². The Bertz CT molecular complexity index is 1560. The summed E-state index contributed by atoms with van der Waals surface area (Å²) in [4.78, 5) is 0. The molecule has 1 unspecified atom stereocenters. The van der Waals surface area contributed by atoms with E-state index in [1.165, 1.54) is 50.1 Å². The van der Waals surface area contributed by atoms with Gasteiger partial charge in [0.2, 0.25) is 0 Å². The van der Waals surface area contributed by atoms with Gasteiger partial charge in [-0.15, -0.1) is 0 Å². The van der Waals surface area contributed by atoms with Crippen molar-refractivity contribution in [2.45, 2.75) is 132 Å². The van der Waals surface area contributed by atoms with Crippen molar-refractivity contribution in [1.29, 1.82) is 0 Å². The Kier molecular flexibility index (Phi) is 9.04. The summed E-state index contributed by atoms with van der Waals surface area (Å²) in [6.45, 7) is 37.7. The van der Waals surface area contributed by atoms with Crippen LogP contribution < -0.4 is 5.19 Å². The molecular weight excluding hydrogens is 545 g/mol. The van der Waals surface area contributed by atoms with Gasteiger partial charge in [0.15, 0.2) is 0 Å². The highest BCUT2D eigenvalue weighted by Gasteiger charge is 2.28. The van der Waals surface area contributed by atoms with Crippen molar-refractivity contribution in [3.63, 3.8) is 0 Å². The maximum absolute atomic E-state index is 2.51.